The van der Waals surface area contributed by atoms with Crippen LogP contribution in [-0.4, -0.2) is 16.5 Å². The highest BCUT2D eigenvalue weighted by molar-refractivity contribution is 5.86. The Labute approximate surface area is 197 Å². The Balaban J connectivity index is 1.40. The second kappa shape index (κ2) is 6.73. The van der Waals surface area contributed by atoms with Crippen LogP contribution in [0.2, 0.25) is 0 Å². The minimum absolute atomic E-state index is 0.103. The van der Waals surface area contributed by atoms with Crippen LogP contribution in [0.1, 0.15) is 113 Å². The van der Waals surface area contributed by atoms with Gasteiger partial charge >= 0.3 is 0 Å². The van der Waals surface area contributed by atoms with Crippen molar-refractivity contribution in [2.45, 2.75) is 118 Å². The van der Waals surface area contributed by atoms with Gasteiger partial charge < -0.3 is 5.11 Å². The molecule has 2 nitrogen and oxygen atoms in total. The molecule has 5 saturated carbocycles. The van der Waals surface area contributed by atoms with Crippen LogP contribution in [0.4, 0.5) is 0 Å². The zero-order valence-corrected chi connectivity index (χ0v) is 21.9. The third-order valence-electron chi connectivity index (χ3n) is 12.6. The minimum Gasteiger partial charge on any atom is -0.386 e. The van der Waals surface area contributed by atoms with E-state index in [1.807, 2.05) is 19.9 Å². The van der Waals surface area contributed by atoms with Crippen molar-refractivity contribution < 1.29 is 9.90 Å². The first-order valence-corrected chi connectivity index (χ1v) is 13.7. The monoisotopic (exact) mass is 440 g/mol. The molecule has 32 heavy (non-hydrogen) atoms. The number of aliphatic hydroxyl groups is 1. The van der Waals surface area contributed by atoms with Gasteiger partial charge in [-0.25, -0.2) is 0 Å². The normalized spacial score (nSPS) is 50.4. The number of hydrogen-bond acceptors (Lipinski definition) is 2. The molecule has 0 amide bonds. The highest BCUT2D eigenvalue weighted by atomic mass is 16.3. The Hall–Kier alpha value is -0.630. The van der Waals surface area contributed by atoms with E-state index in [0.717, 1.165) is 24.7 Å². The first-order chi connectivity index (χ1) is 14.7. The van der Waals surface area contributed by atoms with Gasteiger partial charge in [0.2, 0.25) is 0 Å². The van der Waals surface area contributed by atoms with E-state index in [1.54, 1.807) is 0 Å². The highest BCUT2D eigenvalue weighted by Crippen LogP contribution is 2.88. The van der Waals surface area contributed by atoms with Gasteiger partial charge in [-0.1, -0.05) is 46.8 Å². The molecule has 8 atom stereocenters. The fraction of sp³-hybridized carbons (Fsp3) is 0.900. The second-order valence-electron chi connectivity index (χ2n) is 14.6. The topological polar surface area (TPSA) is 37.3 Å². The standard InChI is InChI=1S/C30H48O2/c1-20(9-8-14-25(2,3)32)21-12-15-28(7)23-11-10-22-26(4,5)24(31)13-16-29(22)19-30(23,29)18-17-27(21,28)6/h8,14,20-23,32H,9-13,15-19H2,1-7H3/b14-8-/t20-,21-,22+,23+,27-,28+,29-,30+/m1/s1. The number of hydrogen-bond donors (Lipinski definition) is 1. The third kappa shape index (κ3) is 2.77. The Morgan fingerprint density at radius 1 is 0.969 bits per heavy atom. The lowest BCUT2D eigenvalue weighted by Gasteiger charge is -2.62. The zero-order chi connectivity index (χ0) is 23.4. The zero-order valence-electron chi connectivity index (χ0n) is 21.9. The molecule has 0 aliphatic heterocycles. The average Bonchev–Trinajstić information content (AvgIpc) is 3.27. The van der Waals surface area contributed by atoms with E-state index in [-0.39, 0.29) is 5.41 Å². The largest absolute Gasteiger partial charge is 0.386 e. The maximum absolute atomic E-state index is 12.8. The van der Waals surface area contributed by atoms with Crippen LogP contribution in [0.15, 0.2) is 12.2 Å². The quantitative estimate of drug-likeness (QED) is 0.464. The highest BCUT2D eigenvalue weighted by Gasteiger charge is 2.82. The first kappa shape index (κ1) is 23.1. The number of allylic oxidation sites excluding steroid dienone is 1. The van der Waals surface area contributed by atoms with Crippen molar-refractivity contribution in [3.05, 3.63) is 12.2 Å². The van der Waals surface area contributed by atoms with Gasteiger partial charge in [-0.2, -0.15) is 0 Å². The van der Waals surface area contributed by atoms with Crippen LogP contribution in [0.25, 0.3) is 0 Å². The van der Waals surface area contributed by atoms with Crippen LogP contribution >= 0.6 is 0 Å². The van der Waals surface area contributed by atoms with Crippen molar-refractivity contribution in [3.8, 4) is 0 Å². The lowest BCUT2D eigenvalue weighted by atomic mass is 9.42. The first-order valence-electron chi connectivity index (χ1n) is 13.7. The molecule has 0 unspecified atom stereocenters. The summed E-state index contributed by atoms with van der Waals surface area (Å²) >= 11 is 0. The summed E-state index contributed by atoms with van der Waals surface area (Å²) in [4.78, 5) is 12.8. The van der Waals surface area contributed by atoms with Crippen molar-refractivity contribution in [2.75, 3.05) is 0 Å². The van der Waals surface area contributed by atoms with Crippen LogP contribution < -0.4 is 0 Å². The number of rotatable bonds is 4. The fourth-order valence-electron chi connectivity index (χ4n) is 10.9. The molecule has 5 rings (SSSR count). The molecule has 0 radical (unpaired) electrons. The molecule has 2 spiro atoms. The molecule has 0 aromatic rings. The molecule has 180 valence electrons. The van der Waals surface area contributed by atoms with Gasteiger partial charge in [-0.3, -0.25) is 4.79 Å². The Bertz CT molecular complexity index is 832. The Morgan fingerprint density at radius 2 is 1.62 bits per heavy atom. The number of Topliss-reactive ketones (excluding diaryl/α,β-unsaturated/α-hetero) is 1. The predicted octanol–water partition coefficient (Wildman–Crippen LogP) is 7.35. The van der Waals surface area contributed by atoms with Crippen molar-refractivity contribution >= 4 is 5.78 Å². The van der Waals surface area contributed by atoms with Crippen LogP contribution in [0.5, 0.6) is 0 Å². The molecule has 0 bridgehead atoms. The lowest BCUT2D eigenvalue weighted by Crippen LogP contribution is -2.57. The minimum atomic E-state index is -0.709. The summed E-state index contributed by atoms with van der Waals surface area (Å²) in [6.45, 7) is 16.1. The molecule has 5 aliphatic carbocycles. The van der Waals surface area contributed by atoms with E-state index in [2.05, 4.69) is 40.7 Å². The molecule has 5 aliphatic rings. The van der Waals surface area contributed by atoms with Gasteiger partial charge in [0.15, 0.2) is 0 Å². The van der Waals surface area contributed by atoms with Crippen molar-refractivity contribution in [1.29, 1.82) is 0 Å². The van der Waals surface area contributed by atoms with Gasteiger partial charge in [-0.05, 0) is 117 Å². The molecular weight excluding hydrogens is 392 g/mol. The van der Waals surface area contributed by atoms with Gasteiger partial charge in [0.25, 0.3) is 0 Å². The predicted molar refractivity (Wildman–Crippen MR) is 131 cm³/mol. The molecule has 0 saturated heterocycles. The number of carbonyl (C=O) groups excluding carboxylic acids is 1. The summed E-state index contributed by atoms with van der Waals surface area (Å²) in [6.07, 6.45) is 16.9. The number of ketones is 1. The summed E-state index contributed by atoms with van der Waals surface area (Å²) in [5, 5.41) is 10.1. The number of fused-ring (bicyclic) bond motifs is 2. The SMILES string of the molecule is C[C@H](C/C=C\C(C)(C)O)[C@H]1CC[C@@]2(C)[C@@H]3CC[C@H]4C(C)(C)C(=O)CC[C@@]45C[C@@]35CC[C@]12C. The van der Waals surface area contributed by atoms with Crippen LogP contribution in [0.3, 0.4) is 0 Å². The van der Waals surface area contributed by atoms with Gasteiger partial charge in [0.05, 0.1) is 5.60 Å². The molecular formula is C30H48O2. The summed E-state index contributed by atoms with van der Waals surface area (Å²) in [6, 6.07) is 0. The van der Waals surface area contributed by atoms with E-state index >= 15 is 0 Å². The fourth-order valence-corrected chi connectivity index (χ4v) is 10.9. The molecule has 2 heteroatoms. The summed E-state index contributed by atoms with van der Waals surface area (Å²) in [7, 11) is 0. The average molecular weight is 441 g/mol. The maximum Gasteiger partial charge on any atom is 0.138 e. The summed E-state index contributed by atoms with van der Waals surface area (Å²) < 4.78 is 0. The van der Waals surface area contributed by atoms with Crippen LogP contribution in [-0.2, 0) is 4.79 Å². The van der Waals surface area contributed by atoms with Crippen LogP contribution in [0, 0.1) is 50.7 Å². The van der Waals surface area contributed by atoms with E-state index in [0.29, 0.717) is 39.3 Å². The van der Waals surface area contributed by atoms with Gasteiger partial charge in [-0.15, -0.1) is 0 Å². The van der Waals surface area contributed by atoms with Crippen molar-refractivity contribution in [2.24, 2.45) is 50.7 Å². The summed E-state index contributed by atoms with van der Waals surface area (Å²) in [5.74, 6) is 3.48. The summed E-state index contributed by atoms with van der Waals surface area (Å²) in [5.41, 5.74) is 1.09. The molecule has 0 aromatic heterocycles. The van der Waals surface area contributed by atoms with E-state index < -0.39 is 5.60 Å². The van der Waals surface area contributed by atoms with Gasteiger partial charge in [0, 0.05) is 11.8 Å². The lowest BCUT2D eigenvalue weighted by molar-refractivity contribution is -0.156. The molecule has 1 N–H and O–H groups in total. The number of carbonyl (C=O) groups is 1. The smallest absolute Gasteiger partial charge is 0.138 e. The van der Waals surface area contributed by atoms with E-state index in [9.17, 15) is 9.90 Å². The maximum atomic E-state index is 12.8. The van der Waals surface area contributed by atoms with E-state index in [4.69, 9.17) is 0 Å². The van der Waals surface area contributed by atoms with Crippen molar-refractivity contribution in [3.63, 3.8) is 0 Å². The molecule has 0 aromatic carbocycles. The second-order valence-corrected chi connectivity index (χ2v) is 14.6. The third-order valence-corrected chi connectivity index (χ3v) is 12.6. The van der Waals surface area contributed by atoms with E-state index in [1.165, 1.54) is 51.4 Å². The molecule has 0 heterocycles. The molecule has 5 fully saturated rings. The van der Waals surface area contributed by atoms with Gasteiger partial charge in [0.1, 0.15) is 5.78 Å². The Kier molecular flexibility index (Phi) is 4.87. The van der Waals surface area contributed by atoms with Crippen molar-refractivity contribution in [1.82, 2.24) is 0 Å². The Morgan fingerprint density at radius 3 is 2.31 bits per heavy atom.